The quantitative estimate of drug-likeness (QED) is 0.504. The van der Waals surface area contributed by atoms with Crippen molar-refractivity contribution >= 4 is 5.71 Å². The highest BCUT2D eigenvalue weighted by molar-refractivity contribution is 5.90. The first kappa shape index (κ1) is 11.0. The molecule has 1 rings (SSSR count). The number of nitrogens with two attached hydrogens (primary N) is 1. The SMILES string of the molecule is CC(=N)/C=C(\N)OCC1COCCO1. The molecule has 0 saturated carbocycles. The molecule has 5 heteroatoms. The molecule has 3 N–H and O–H groups in total. The average molecular weight is 200 g/mol. The summed E-state index contributed by atoms with van der Waals surface area (Å²) >= 11 is 0. The highest BCUT2D eigenvalue weighted by Gasteiger charge is 2.14. The van der Waals surface area contributed by atoms with Crippen molar-refractivity contribution in [1.82, 2.24) is 0 Å². The van der Waals surface area contributed by atoms with Crippen LogP contribution in [0.3, 0.4) is 0 Å². The maximum absolute atomic E-state index is 7.16. The molecule has 1 atom stereocenters. The fourth-order valence-corrected chi connectivity index (χ4v) is 1.08. The number of ether oxygens (including phenoxy) is 3. The lowest BCUT2D eigenvalue weighted by molar-refractivity contribution is -0.108. The lowest BCUT2D eigenvalue weighted by Crippen LogP contribution is -2.32. The molecule has 1 saturated heterocycles. The van der Waals surface area contributed by atoms with Crippen molar-refractivity contribution in [3.8, 4) is 0 Å². The summed E-state index contributed by atoms with van der Waals surface area (Å²) in [5, 5.41) is 7.16. The van der Waals surface area contributed by atoms with E-state index in [1.807, 2.05) is 0 Å². The summed E-state index contributed by atoms with van der Waals surface area (Å²) in [5.74, 6) is 0.242. The summed E-state index contributed by atoms with van der Waals surface area (Å²) in [6.07, 6.45) is 1.41. The van der Waals surface area contributed by atoms with Gasteiger partial charge in [0.1, 0.15) is 12.7 Å². The van der Waals surface area contributed by atoms with Gasteiger partial charge in [-0.1, -0.05) is 0 Å². The summed E-state index contributed by atoms with van der Waals surface area (Å²) in [4.78, 5) is 0. The van der Waals surface area contributed by atoms with Crippen LogP contribution in [0.4, 0.5) is 0 Å². The van der Waals surface area contributed by atoms with E-state index in [1.54, 1.807) is 6.92 Å². The Labute approximate surface area is 83.3 Å². The van der Waals surface area contributed by atoms with Crippen molar-refractivity contribution in [1.29, 1.82) is 5.41 Å². The standard InChI is InChI=1S/C9H16N2O3/c1-7(10)4-9(11)14-6-8-5-12-2-3-13-8/h4,8,10H,2-3,5-6,11H2,1H3/b9-4+,10-7?. The Morgan fingerprint density at radius 1 is 1.64 bits per heavy atom. The highest BCUT2D eigenvalue weighted by Crippen LogP contribution is 2.02. The van der Waals surface area contributed by atoms with E-state index in [1.165, 1.54) is 6.08 Å². The molecule has 0 aromatic carbocycles. The topological polar surface area (TPSA) is 77.6 Å². The zero-order chi connectivity index (χ0) is 10.4. The van der Waals surface area contributed by atoms with Gasteiger partial charge in [-0.25, -0.2) is 0 Å². The van der Waals surface area contributed by atoms with Crippen LogP contribution in [0.15, 0.2) is 12.0 Å². The summed E-state index contributed by atoms with van der Waals surface area (Å²) < 4.78 is 15.7. The van der Waals surface area contributed by atoms with Crippen LogP contribution in [0.5, 0.6) is 0 Å². The zero-order valence-electron chi connectivity index (χ0n) is 8.29. The number of allylic oxidation sites excluding steroid dienone is 1. The molecule has 0 spiro atoms. The molecule has 0 aromatic rings. The Morgan fingerprint density at radius 3 is 3.00 bits per heavy atom. The minimum absolute atomic E-state index is 0.0539. The van der Waals surface area contributed by atoms with Gasteiger partial charge in [0, 0.05) is 11.8 Å². The monoisotopic (exact) mass is 200 g/mol. The Balaban J connectivity index is 2.21. The van der Waals surface area contributed by atoms with Crippen molar-refractivity contribution in [2.45, 2.75) is 13.0 Å². The van der Waals surface area contributed by atoms with Gasteiger partial charge < -0.3 is 25.4 Å². The van der Waals surface area contributed by atoms with Gasteiger partial charge >= 0.3 is 0 Å². The van der Waals surface area contributed by atoms with E-state index in [-0.39, 0.29) is 12.0 Å². The molecule has 1 aliphatic heterocycles. The molecule has 5 nitrogen and oxygen atoms in total. The van der Waals surface area contributed by atoms with Crippen molar-refractivity contribution in [2.24, 2.45) is 5.73 Å². The molecule has 1 aliphatic rings. The molecule has 14 heavy (non-hydrogen) atoms. The van der Waals surface area contributed by atoms with E-state index in [9.17, 15) is 0 Å². The van der Waals surface area contributed by atoms with Crippen LogP contribution in [0.2, 0.25) is 0 Å². The Kier molecular flexibility index (Phi) is 4.42. The fraction of sp³-hybridized carbons (Fsp3) is 0.667. The van der Waals surface area contributed by atoms with E-state index in [0.29, 0.717) is 32.1 Å². The van der Waals surface area contributed by atoms with E-state index < -0.39 is 0 Å². The molecular formula is C9H16N2O3. The smallest absolute Gasteiger partial charge is 0.185 e. The van der Waals surface area contributed by atoms with Crippen LogP contribution in [0.1, 0.15) is 6.92 Å². The van der Waals surface area contributed by atoms with Gasteiger partial charge in [-0.2, -0.15) is 0 Å². The van der Waals surface area contributed by atoms with Gasteiger partial charge in [0.05, 0.1) is 19.8 Å². The van der Waals surface area contributed by atoms with Crippen molar-refractivity contribution in [3.63, 3.8) is 0 Å². The fourth-order valence-electron chi connectivity index (χ4n) is 1.08. The third-order valence-electron chi connectivity index (χ3n) is 1.68. The van der Waals surface area contributed by atoms with Gasteiger partial charge in [-0.3, -0.25) is 0 Å². The van der Waals surface area contributed by atoms with Gasteiger partial charge in [-0.05, 0) is 6.92 Å². The minimum Gasteiger partial charge on any atom is -0.476 e. The third-order valence-corrected chi connectivity index (χ3v) is 1.68. The molecule has 80 valence electrons. The second-order valence-corrected chi connectivity index (χ2v) is 3.11. The van der Waals surface area contributed by atoms with Gasteiger partial charge in [-0.15, -0.1) is 0 Å². The molecule has 0 amide bonds. The first-order valence-electron chi connectivity index (χ1n) is 4.53. The highest BCUT2D eigenvalue weighted by atomic mass is 16.6. The summed E-state index contributed by atoms with van der Waals surface area (Å²) in [7, 11) is 0. The molecule has 1 heterocycles. The zero-order valence-corrected chi connectivity index (χ0v) is 8.29. The molecule has 0 aliphatic carbocycles. The lowest BCUT2D eigenvalue weighted by atomic mass is 10.4. The van der Waals surface area contributed by atoms with E-state index >= 15 is 0 Å². The Hall–Kier alpha value is -1.07. The molecule has 1 unspecified atom stereocenters. The summed E-state index contributed by atoms with van der Waals surface area (Å²) in [5.41, 5.74) is 5.86. The first-order chi connectivity index (χ1) is 6.68. The van der Waals surface area contributed by atoms with Crippen LogP contribution >= 0.6 is 0 Å². The normalized spacial score (nSPS) is 23.2. The third kappa shape index (κ3) is 4.25. The second-order valence-electron chi connectivity index (χ2n) is 3.11. The summed E-state index contributed by atoms with van der Waals surface area (Å²) in [6, 6.07) is 0. The molecule has 1 fully saturated rings. The predicted molar refractivity (Wildman–Crippen MR) is 52.2 cm³/mol. The Morgan fingerprint density at radius 2 is 2.43 bits per heavy atom. The van der Waals surface area contributed by atoms with Crippen molar-refractivity contribution < 1.29 is 14.2 Å². The van der Waals surface area contributed by atoms with Crippen molar-refractivity contribution in [2.75, 3.05) is 26.4 Å². The number of hydrogen-bond donors (Lipinski definition) is 2. The molecule has 0 bridgehead atoms. The molecular weight excluding hydrogens is 184 g/mol. The Bertz CT molecular complexity index is 222. The number of rotatable bonds is 4. The van der Waals surface area contributed by atoms with Crippen LogP contribution in [-0.4, -0.2) is 38.2 Å². The maximum Gasteiger partial charge on any atom is 0.185 e. The summed E-state index contributed by atoms with van der Waals surface area (Å²) in [6.45, 7) is 3.78. The van der Waals surface area contributed by atoms with Gasteiger partial charge in [0.2, 0.25) is 0 Å². The van der Waals surface area contributed by atoms with Crippen LogP contribution in [0, 0.1) is 5.41 Å². The van der Waals surface area contributed by atoms with E-state index in [2.05, 4.69) is 0 Å². The predicted octanol–water partition coefficient (Wildman–Crippen LogP) is 0.258. The van der Waals surface area contributed by atoms with E-state index in [0.717, 1.165) is 0 Å². The maximum atomic E-state index is 7.16. The average Bonchev–Trinajstić information content (AvgIpc) is 2.15. The lowest BCUT2D eigenvalue weighted by Gasteiger charge is -2.22. The number of nitrogens with one attached hydrogen (secondary N) is 1. The van der Waals surface area contributed by atoms with Crippen LogP contribution in [0.25, 0.3) is 0 Å². The first-order valence-corrected chi connectivity index (χ1v) is 4.53. The van der Waals surface area contributed by atoms with Crippen LogP contribution < -0.4 is 5.73 Å². The minimum atomic E-state index is -0.0539. The van der Waals surface area contributed by atoms with Crippen LogP contribution in [-0.2, 0) is 14.2 Å². The molecule has 0 aromatic heterocycles. The van der Waals surface area contributed by atoms with Gasteiger partial charge in [0.15, 0.2) is 5.88 Å². The number of hydrogen-bond acceptors (Lipinski definition) is 5. The second kappa shape index (κ2) is 5.62. The van der Waals surface area contributed by atoms with E-state index in [4.69, 9.17) is 25.4 Å². The molecule has 0 radical (unpaired) electrons. The largest absolute Gasteiger partial charge is 0.476 e. The van der Waals surface area contributed by atoms with Crippen molar-refractivity contribution in [3.05, 3.63) is 12.0 Å². The van der Waals surface area contributed by atoms with Gasteiger partial charge in [0.25, 0.3) is 0 Å².